The van der Waals surface area contributed by atoms with Gasteiger partial charge in [-0.05, 0) is 39.7 Å². The first-order valence-corrected chi connectivity index (χ1v) is 7.78. The quantitative estimate of drug-likeness (QED) is 0.834. The van der Waals surface area contributed by atoms with Gasteiger partial charge in [0.1, 0.15) is 0 Å². The Hall–Kier alpha value is -0.870. The van der Waals surface area contributed by atoms with Crippen molar-refractivity contribution in [1.29, 1.82) is 0 Å². The SMILES string of the molecule is COCC1(CNC(C)Cn2nc(C)cc2C)CCCC1. The van der Waals surface area contributed by atoms with Crippen molar-refractivity contribution in [3.05, 3.63) is 17.5 Å². The lowest BCUT2D eigenvalue weighted by molar-refractivity contribution is 0.0802. The van der Waals surface area contributed by atoms with Crippen LogP contribution in [0.15, 0.2) is 6.07 Å². The zero-order chi connectivity index (χ0) is 14.6. The second-order valence-electron chi connectivity index (χ2n) is 6.53. The van der Waals surface area contributed by atoms with Gasteiger partial charge >= 0.3 is 0 Å². The molecule has 1 N–H and O–H groups in total. The molecule has 2 rings (SSSR count). The molecule has 1 fully saturated rings. The third-order valence-electron chi connectivity index (χ3n) is 4.49. The van der Waals surface area contributed by atoms with E-state index in [-0.39, 0.29) is 0 Å². The van der Waals surface area contributed by atoms with Crippen molar-refractivity contribution in [3.63, 3.8) is 0 Å². The van der Waals surface area contributed by atoms with Crippen molar-refractivity contribution >= 4 is 0 Å². The molecule has 1 aliphatic rings. The Morgan fingerprint density at radius 3 is 2.65 bits per heavy atom. The summed E-state index contributed by atoms with van der Waals surface area (Å²) >= 11 is 0. The largest absolute Gasteiger partial charge is 0.384 e. The maximum absolute atomic E-state index is 5.44. The summed E-state index contributed by atoms with van der Waals surface area (Å²) < 4.78 is 7.55. The van der Waals surface area contributed by atoms with E-state index in [1.165, 1.54) is 31.4 Å². The number of hydrogen-bond acceptors (Lipinski definition) is 3. The van der Waals surface area contributed by atoms with Gasteiger partial charge in [0.15, 0.2) is 0 Å². The molecule has 1 saturated carbocycles. The number of ether oxygens (including phenoxy) is 1. The molecule has 0 bridgehead atoms. The minimum absolute atomic E-state index is 0.359. The highest BCUT2D eigenvalue weighted by Crippen LogP contribution is 2.37. The molecule has 0 aromatic carbocycles. The van der Waals surface area contributed by atoms with Crippen LogP contribution in [-0.2, 0) is 11.3 Å². The summed E-state index contributed by atoms with van der Waals surface area (Å²) in [5, 5.41) is 8.23. The number of nitrogens with one attached hydrogen (secondary N) is 1. The molecule has 1 heterocycles. The van der Waals surface area contributed by atoms with Gasteiger partial charge in [-0.15, -0.1) is 0 Å². The second kappa shape index (κ2) is 6.72. The molecule has 1 aromatic rings. The summed E-state index contributed by atoms with van der Waals surface area (Å²) in [7, 11) is 1.82. The number of methoxy groups -OCH3 is 1. The van der Waals surface area contributed by atoms with E-state index in [2.05, 4.69) is 35.0 Å². The molecule has 1 unspecified atom stereocenters. The molecular formula is C16H29N3O. The van der Waals surface area contributed by atoms with E-state index in [9.17, 15) is 0 Å². The van der Waals surface area contributed by atoms with Crippen LogP contribution in [0.2, 0.25) is 0 Å². The molecule has 114 valence electrons. The highest BCUT2D eigenvalue weighted by molar-refractivity contribution is 5.06. The van der Waals surface area contributed by atoms with Gasteiger partial charge in [-0.1, -0.05) is 12.8 Å². The lowest BCUT2D eigenvalue weighted by Crippen LogP contribution is -2.41. The predicted molar refractivity (Wildman–Crippen MR) is 81.9 cm³/mol. The Labute approximate surface area is 122 Å². The third kappa shape index (κ3) is 3.83. The average molecular weight is 279 g/mol. The Balaban J connectivity index is 1.85. The van der Waals surface area contributed by atoms with E-state index in [0.717, 1.165) is 25.4 Å². The maximum atomic E-state index is 5.44. The van der Waals surface area contributed by atoms with E-state index in [1.54, 1.807) is 0 Å². The van der Waals surface area contributed by atoms with Crippen molar-refractivity contribution < 1.29 is 4.74 Å². The van der Waals surface area contributed by atoms with Crippen LogP contribution in [0.4, 0.5) is 0 Å². The van der Waals surface area contributed by atoms with Crippen molar-refractivity contribution in [2.24, 2.45) is 5.41 Å². The van der Waals surface area contributed by atoms with Gasteiger partial charge in [0, 0.05) is 30.8 Å². The molecule has 4 nitrogen and oxygen atoms in total. The first-order valence-electron chi connectivity index (χ1n) is 7.78. The minimum atomic E-state index is 0.359. The molecule has 0 amide bonds. The summed E-state index contributed by atoms with van der Waals surface area (Å²) in [4.78, 5) is 0. The molecule has 1 atom stereocenters. The lowest BCUT2D eigenvalue weighted by Gasteiger charge is -2.30. The standard InChI is InChI=1S/C16H29N3O/c1-13-9-15(3)19(18-13)10-14(2)17-11-16(12-20-4)7-5-6-8-16/h9,14,17H,5-8,10-12H2,1-4H3. The first-order chi connectivity index (χ1) is 9.54. The zero-order valence-corrected chi connectivity index (χ0v) is 13.4. The molecule has 0 spiro atoms. The Kier molecular flexibility index (Phi) is 5.22. The van der Waals surface area contributed by atoms with Crippen LogP contribution >= 0.6 is 0 Å². The number of aromatic nitrogens is 2. The van der Waals surface area contributed by atoms with Gasteiger partial charge < -0.3 is 10.1 Å². The van der Waals surface area contributed by atoms with Crippen molar-refractivity contribution in [1.82, 2.24) is 15.1 Å². The van der Waals surface area contributed by atoms with Gasteiger partial charge in [-0.25, -0.2) is 0 Å². The van der Waals surface area contributed by atoms with Crippen LogP contribution < -0.4 is 5.32 Å². The van der Waals surface area contributed by atoms with Gasteiger partial charge in [0.05, 0.1) is 18.8 Å². The summed E-state index contributed by atoms with van der Waals surface area (Å²) in [6, 6.07) is 2.57. The monoisotopic (exact) mass is 279 g/mol. The van der Waals surface area contributed by atoms with E-state index >= 15 is 0 Å². The molecule has 0 aliphatic heterocycles. The van der Waals surface area contributed by atoms with Crippen LogP contribution in [0.5, 0.6) is 0 Å². The van der Waals surface area contributed by atoms with E-state index in [0.29, 0.717) is 11.5 Å². The van der Waals surface area contributed by atoms with E-state index in [4.69, 9.17) is 4.74 Å². The van der Waals surface area contributed by atoms with Gasteiger partial charge in [-0.3, -0.25) is 4.68 Å². The van der Waals surface area contributed by atoms with Gasteiger partial charge in [-0.2, -0.15) is 5.10 Å². The van der Waals surface area contributed by atoms with Crippen LogP contribution in [-0.4, -0.2) is 36.1 Å². The van der Waals surface area contributed by atoms with Crippen LogP contribution in [0.3, 0.4) is 0 Å². The maximum Gasteiger partial charge on any atom is 0.0596 e. The highest BCUT2D eigenvalue weighted by atomic mass is 16.5. The highest BCUT2D eigenvalue weighted by Gasteiger charge is 2.33. The third-order valence-corrected chi connectivity index (χ3v) is 4.49. The summed E-state index contributed by atoms with van der Waals surface area (Å²) in [6.45, 7) is 9.28. The van der Waals surface area contributed by atoms with Crippen LogP contribution in [0, 0.1) is 19.3 Å². The summed E-state index contributed by atoms with van der Waals surface area (Å²) in [6.07, 6.45) is 5.27. The molecule has 4 heteroatoms. The smallest absolute Gasteiger partial charge is 0.0596 e. The fourth-order valence-corrected chi connectivity index (χ4v) is 3.38. The Morgan fingerprint density at radius 2 is 2.10 bits per heavy atom. The number of hydrogen-bond donors (Lipinski definition) is 1. The van der Waals surface area contributed by atoms with E-state index < -0.39 is 0 Å². The first kappa shape index (κ1) is 15.5. The van der Waals surface area contributed by atoms with Crippen molar-refractivity contribution in [2.45, 2.75) is 59.0 Å². The molecule has 1 aromatic heterocycles. The number of aryl methyl sites for hydroxylation is 2. The summed E-state index contributed by atoms with van der Waals surface area (Å²) in [5.74, 6) is 0. The van der Waals surface area contributed by atoms with Crippen molar-refractivity contribution in [2.75, 3.05) is 20.3 Å². The molecule has 20 heavy (non-hydrogen) atoms. The second-order valence-corrected chi connectivity index (χ2v) is 6.53. The lowest BCUT2D eigenvalue weighted by atomic mass is 9.87. The molecule has 1 aliphatic carbocycles. The molecular weight excluding hydrogens is 250 g/mol. The fourth-order valence-electron chi connectivity index (χ4n) is 3.38. The number of nitrogens with zero attached hydrogens (tertiary/aromatic N) is 2. The molecule has 0 radical (unpaired) electrons. The van der Waals surface area contributed by atoms with Crippen LogP contribution in [0.1, 0.15) is 44.0 Å². The Morgan fingerprint density at radius 1 is 1.40 bits per heavy atom. The predicted octanol–water partition coefficient (Wildman–Crippen LogP) is 2.68. The fraction of sp³-hybridized carbons (Fsp3) is 0.812. The average Bonchev–Trinajstić information content (AvgIpc) is 2.96. The number of rotatable bonds is 7. The van der Waals surface area contributed by atoms with Gasteiger partial charge in [0.2, 0.25) is 0 Å². The topological polar surface area (TPSA) is 39.1 Å². The van der Waals surface area contributed by atoms with E-state index in [1.807, 2.05) is 14.0 Å². The van der Waals surface area contributed by atoms with Crippen LogP contribution in [0.25, 0.3) is 0 Å². The summed E-state index contributed by atoms with van der Waals surface area (Å²) in [5.41, 5.74) is 2.70. The van der Waals surface area contributed by atoms with Crippen molar-refractivity contribution in [3.8, 4) is 0 Å². The minimum Gasteiger partial charge on any atom is -0.384 e. The normalized spacial score (nSPS) is 19.4. The molecule has 0 saturated heterocycles. The zero-order valence-electron chi connectivity index (χ0n) is 13.4. The van der Waals surface area contributed by atoms with Gasteiger partial charge in [0.25, 0.3) is 0 Å². The Bertz CT molecular complexity index is 421.